The van der Waals surface area contributed by atoms with E-state index in [0.29, 0.717) is 11.1 Å². The van der Waals surface area contributed by atoms with E-state index in [2.05, 4.69) is 17.2 Å². The first-order chi connectivity index (χ1) is 11.7. The van der Waals surface area contributed by atoms with Crippen molar-refractivity contribution in [1.29, 1.82) is 0 Å². The molecule has 0 saturated carbocycles. The molecule has 3 rings (SSSR count). The van der Waals surface area contributed by atoms with E-state index in [4.69, 9.17) is 0 Å². The Hall–Kier alpha value is -3.39. The Morgan fingerprint density at radius 2 is 1.50 bits per heavy atom. The summed E-state index contributed by atoms with van der Waals surface area (Å²) in [5, 5.41) is 2.59. The van der Waals surface area contributed by atoms with Crippen molar-refractivity contribution < 1.29 is 14.4 Å². The van der Waals surface area contributed by atoms with Crippen LogP contribution >= 0.6 is 0 Å². The number of amides is 3. The summed E-state index contributed by atoms with van der Waals surface area (Å²) in [7, 11) is 0. The van der Waals surface area contributed by atoms with Crippen LogP contribution in [0.4, 0.5) is 0 Å². The van der Waals surface area contributed by atoms with Crippen molar-refractivity contribution in [1.82, 2.24) is 10.2 Å². The smallest absolute Gasteiger partial charge is 0.296 e. The number of nitrogens with zero attached hydrogens (tertiary/aromatic N) is 1. The molecule has 0 spiro atoms. The van der Waals surface area contributed by atoms with Gasteiger partial charge in [-0.3, -0.25) is 19.3 Å². The van der Waals surface area contributed by atoms with Crippen molar-refractivity contribution in [3.8, 4) is 11.8 Å². The highest BCUT2D eigenvalue weighted by molar-refractivity contribution is 6.21. The van der Waals surface area contributed by atoms with Crippen molar-refractivity contribution in [2.24, 2.45) is 0 Å². The van der Waals surface area contributed by atoms with Gasteiger partial charge in [0.15, 0.2) is 0 Å². The van der Waals surface area contributed by atoms with Gasteiger partial charge in [0.2, 0.25) is 0 Å². The van der Waals surface area contributed by atoms with Crippen LogP contribution in [0.3, 0.4) is 0 Å². The quantitative estimate of drug-likeness (QED) is 0.688. The average Bonchev–Trinajstić information content (AvgIpc) is 2.86. The van der Waals surface area contributed by atoms with Gasteiger partial charge in [0, 0.05) is 24.6 Å². The van der Waals surface area contributed by atoms with E-state index in [1.165, 1.54) is 0 Å². The molecule has 0 radical (unpaired) electrons. The molecule has 0 atom stereocenters. The highest BCUT2D eigenvalue weighted by atomic mass is 16.2. The minimum Gasteiger partial charge on any atom is -0.343 e. The molecule has 3 amide bonds. The highest BCUT2D eigenvalue weighted by Crippen LogP contribution is 2.21. The molecule has 2 aromatic carbocycles. The molecular formula is C19H14N2O3. The molecule has 0 fully saturated rings. The van der Waals surface area contributed by atoms with Crippen LogP contribution in [0.25, 0.3) is 0 Å². The van der Waals surface area contributed by atoms with Crippen molar-refractivity contribution in [3.63, 3.8) is 0 Å². The number of hydrogen-bond acceptors (Lipinski definition) is 3. The maximum atomic E-state index is 12.2. The van der Waals surface area contributed by atoms with Crippen molar-refractivity contribution >= 4 is 17.7 Å². The van der Waals surface area contributed by atoms with E-state index in [9.17, 15) is 14.4 Å². The van der Waals surface area contributed by atoms with Gasteiger partial charge in [-0.2, -0.15) is 0 Å². The Bertz CT molecular complexity index is 828. The SMILES string of the molecule is O=C(C#Cc1ccccc1)NCCN1C(=O)c2ccccc2C1=O. The summed E-state index contributed by atoms with van der Waals surface area (Å²) in [5.41, 5.74) is 1.54. The van der Waals surface area contributed by atoms with Gasteiger partial charge >= 0.3 is 0 Å². The summed E-state index contributed by atoms with van der Waals surface area (Å²) in [6.45, 7) is 0.277. The molecule has 0 aliphatic carbocycles. The fourth-order valence-corrected chi connectivity index (χ4v) is 2.42. The van der Waals surface area contributed by atoms with Gasteiger partial charge < -0.3 is 5.32 Å². The van der Waals surface area contributed by atoms with E-state index in [-0.39, 0.29) is 24.9 Å². The van der Waals surface area contributed by atoms with E-state index in [0.717, 1.165) is 10.5 Å². The van der Waals surface area contributed by atoms with Crippen LogP contribution in [0.1, 0.15) is 26.3 Å². The molecule has 0 bridgehead atoms. The number of nitrogens with one attached hydrogen (secondary N) is 1. The second-order valence-electron chi connectivity index (χ2n) is 5.18. The number of imide groups is 1. The summed E-state index contributed by atoms with van der Waals surface area (Å²) < 4.78 is 0. The zero-order valence-electron chi connectivity index (χ0n) is 12.8. The number of rotatable bonds is 3. The molecule has 2 aromatic rings. The Kier molecular flexibility index (Phi) is 4.39. The molecule has 24 heavy (non-hydrogen) atoms. The van der Waals surface area contributed by atoms with E-state index in [1.807, 2.05) is 18.2 Å². The third-order valence-electron chi connectivity index (χ3n) is 3.59. The van der Waals surface area contributed by atoms with Gasteiger partial charge in [-0.15, -0.1) is 0 Å². The molecule has 1 heterocycles. The Balaban J connectivity index is 1.54. The van der Waals surface area contributed by atoms with Crippen LogP contribution in [-0.4, -0.2) is 35.7 Å². The lowest BCUT2D eigenvalue weighted by molar-refractivity contribution is -0.115. The van der Waals surface area contributed by atoms with Crippen LogP contribution < -0.4 is 5.32 Å². The van der Waals surface area contributed by atoms with Gasteiger partial charge in [0.25, 0.3) is 17.7 Å². The minimum atomic E-state index is -0.449. The molecule has 0 saturated heterocycles. The number of carbonyl (C=O) groups is 3. The second-order valence-corrected chi connectivity index (χ2v) is 5.18. The number of hydrogen-bond donors (Lipinski definition) is 1. The average molecular weight is 318 g/mol. The Morgan fingerprint density at radius 3 is 2.12 bits per heavy atom. The number of benzene rings is 2. The monoisotopic (exact) mass is 318 g/mol. The number of carbonyl (C=O) groups excluding carboxylic acids is 3. The highest BCUT2D eigenvalue weighted by Gasteiger charge is 2.34. The molecule has 5 nitrogen and oxygen atoms in total. The van der Waals surface area contributed by atoms with Gasteiger partial charge in [-0.25, -0.2) is 0 Å². The topological polar surface area (TPSA) is 66.5 Å². The predicted molar refractivity (Wildman–Crippen MR) is 88.1 cm³/mol. The summed E-state index contributed by atoms with van der Waals surface area (Å²) in [4.78, 5) is 37.1. The van der Waals surface area contributed by atoms with Crippen molar-refractivity contribution in [2.75, 3.05) is 13.1 Å². The third-order valence-corrected chi connectivity index (χ3v) is 3.59. The van der Waals surface area contributed by atoms with Crippen LogP contribution in [0.15, 0.2) is 54.6 Å². The molecule has 1 aliphatic rings. The van der Waals surface area contributed by atoms with E-state index < -0.39 is 5.91 Å². The van der Waals surface area contributed by atoms with Gasteiger partial charge in [0.05, 0.1) is 11.1 Å². The summed E-state index contributed by atoms with van der Waals surface area (Å²) in [6.07, 6.45) is 0. The van der Waals surface area contributed by atoms with Crippen LogP contribution in [0.2, 0.25) is 0 Å². The van der Waals surface area contributed by atoms with Gasteiger partial charge in [0.1, 0.15) is 0 Å². The molecule has 5 heteroatoms. The summed E-state index contributed by atoms with van der Waals surface area (Å²) in [6, 6.07) is 15.8. The zero-order chi connectivity index (χ0) is 16.9. The lowest BCUT2D eigenvalue weighted by Gasteiger charge is -2.13. The number of fused-ring (bicyclic) bond motifs is 1. The zero-order valence-corrected chi connectivity index (χ0v) is 12.8. The third kappa shape index (κ3) is 3.18. The lowest BCUT2D eigenvalue weighted by atomic mass is 10.1. The molecule has 1 aliphatic heterocycles. The molecule has 118 valence electrons. The van der Waals surface area contributed by atoms with Crippen LogP contribution in [-0.2, 0) is 4.79 Å². The first kappa shape index (κ1) is 15.5. The van der Waals surface area contributed by atoms with Crippen LogP contribution in [0, 0.1) is 11.8 Å². The van der Waals surface area contributed by atoms with Crippen molar-refractivity contribution in [3.05, 3.63) is 71.3 Å². The normalized spacial score (nSPS) is 12.4. The fourth-order valence-electron chi connectivity index (χ4n) is 2.42. The van der Waals surface area contributed by atoms with Crippen LogP contribution in [0.5, 0.6) is 0 Å². The largest absolute Gasteiger partial charge is 0.343 e. The Morgan fingerprint density at radius 1 is 0.917 bits per heavy atom. The Labute approximate surface area is 139 Å². The van der Waals surface area contributed by atoms with E-state index >= 15 is 0 Å². The maximum Gasteiger partial charge on any atom is 0.296 e. The fraction of sp³-hybridized carbons (Fsp3) is 0.105. The molecule has 1 N–H and O–H groups in total. The summed E-state index contributed by atoms with van der Waals surface area (Å²) in [5.74, 6) is 4.11. The summed E-state index contributed by atoms with van der Waals surface area (Å²) >= 11 is 0. The van der Waals surface area contributed by atoms with E-state index in [1.54, 1.807) is 36.4 Å². The predicted octanol–water partition coefficient (Wildman–Crippen LogP) is 1.45. The second kappa shape index (κ2) is 6.80. The first-order valence-corrected chi connectivity index (χ1v) is 7.47. The molecule has 0 aromatic heterocycles. The standard InChI is InChI=1S/C19H14N2O3/c22-17(11-10-14-6-2-1-3-7-14)20-12-13-21-18(23)15-8-4-5-9-16(15)19(21)24/h1-9H,12-13H2,(H,20,22). The molecular weight excluding hydrogens is 304 g/mol. The van der Waals surface area contributed by atoms with Gasteiger partial charge in [-0.1, -0.05) is 36.3 Å². The first-order valence-electron chi connectivity index (χ1n) is 7.47. The van der Waals surface area contributed by atoms with Crippen molar-refractivity contribution in [2.45, 2.75) is 0 Å². The van der Waals surface area contributed by atoms with Gasteiger partial charge in [-0.05, 0) is 24.3 Å². The molecule has 0 unspecified atom stereocenters. The lowest BCUT2D eigenvalue weighted by Crippen LogP contribution is -2.37. The minimum absolute atomic E-state index is 0.116. The maximum absolute atomic E-state index is 12.2.